The normalized spacial score (nSPS) is 18.2. The van der Waals surface area contributed by atoms with Crippen LogP contribution in [-0.4, -0.2) is 115 Å². The second-order valence-electron chi connectivity index (χ2n) is 41.1. The topological polar surface area (TPSA) is 217 Å². The molecule has 16 nitrogen and oxygen atoms in total. The summed E-state index contributed by atoms with van der Waals surface area (Å²) in [7, 11) is 0. The summed E-state index contributed by atoms with van der Waals surface area (Å²) in [6.07, 6.45) is 107. The van der Waals surface area contributed by atoms with Gasteiger partial charge in [0.15, 0.2) is 24.6 Å². The zero-order valence-electron chi connectivity index (χ0n) is 93.5. The first-order chi connectivity index (χ1) is 71.3. The third-order valence-corrected chi connectivity index (χ3v) is 27.8. The molecule has 1 saturated carbocycles. The Labute approximate surface area is 887 Å². The SMILES string of the molecule is C=Cc1ccccc1.CC/C=C\C/C=C\C/C=C\CCCCCCCC(=O)OC[C@H]1OC(OC2C(OC(=O)CCCCCCC/C=C\C/C=C\CCCCC)[C@H](O)C(COC(=O)CCCCCCC/C=C\CCCCCCCC)[C@@H]2COC(=O)CCCCCCC/C=C\C/C=C\CCCCC)C(O)[C@@H](OC(=O)CCCCCCC/C=C\C/C=C\CCCCC)C1OC(=O)CCCCCCCCCCCCCCCCC. The van der Waals surface area contributed by atoms with Crippen LogP contribution < -0.4 is 0 Å². The third-order valence-electron chi connectivity index (χ3n) is 27.8. The zero-order chi connectivity index (χ0) is 105. The van der Waals surface area contributed by atoms with Crippen LogP contribution in [-0.2, 0) is 66.7 Å². The van der Waals surface area contributed by atoms with Gasteiger partial charge in [-0.15, -0.1) is 0 Å². The smallest absolute Gasteiger partial charge is 0.306 e. The number of ether oxygens (including phenoxy) is 8. The van der Waals surface area contributed by atoms with Gasteiger partial charge in [-0.2, -0.15) is 0 Å². The largest absolute Gasteiger partial charge is 0.465 e. The molecule has 1 aromatic rings. The minimum absolute atomic E-state index is 0.00686. The van der Waals surface area contributed by atoms with Gasteiger partial charge >= 0.3 is 35.8 Å². The van der Waals surface area contributed by atoms with E-state index in [1.54, 1.807) is 0 Å². The lowest BCUT2D eigenvalue weighted by Gasteiger charge is -2.44. The molecule has 0 bridgehead atoms. The van der Waals surface area contributed by atoms with Gasteiger partial charge in [-0.1, -0.05) is 463 Å². The van der Waals surface area contributed by atoms with Gasteiger partial charge in [-0.25, -0.2) is 0 Å². The molecular formula is C129H216O16. The lowest BCUT2D eigenvalue weighted by atomic mass is 9.94. The first-order valence-electron chi connectivity index (χ1n) is 60.2. The number of esters is 6. The van der Waals surface area contributed by atoms with Crippen LogP contribution in [0.2, 0.25) is 0 Å². The Balaban J connectivity index is 0.00000842. The van der Waals surface area contributed by atoms with Crippen LogP contribution in [0.5, 0.6) is 0 Å². The highest BCUT2D eigenvalue weighted by atomic mass is 16.7. The molecule has 10 atom stereocenters. The van der Waals surface area contributed by atoms with E-state index in [-0.39, 0.29) is 51.7 Å². The fraction of sp³-hybridized carbons (Fsp3) is 0.736. The molecule has 3 rings (SSSR count). The number of aliphatic hydroxyl groups is 2. The van der Waals surface area contributed by atoms with Crippen molar-refractivity contribution in [2.24, 2.45) is 11.8 Å². The van der Waals surface area contributed by atoms with Crippen LogP contribution >= 0.6 is 0 Å². The molecule has 2 N–H and O–H groups in total. The van der Waals surface area contributed by atoms with Crippen molar-refractivity contribution in [1.29, 1.82) is 0 Å². The molecular weight excluding hydrogens is 1810 g/mol. The van der Waals surface area contributed by atoms with Crippen molar-refractivity contribution in [3.05, 3.63) is 164 Å². The van der Waals surface area contributed by atoms with E-state index in [4.69, 9.17) is 37.9 Å². The third kappa shape index (κ3) is 80.6. The van der Waals surface area contributed by atoms with Gasteiger partial charge in [0.25, 0.3) is 0 Å². The minimum atomic E-state index is -1.89. The van der Waals surface area contributed by atoms with Crippen molar-refractivity contribution in [3.8, 4) is 0 Å². The number of carbonyl (C=O) groups excluding carboxylic acids is 6. The van der Waals surface area contributed by atoms with E-state index >= 15 is 0 Å². The van der Waals surface area contributed by atoms with E-state index in [2.05, 4.69) is 170 Å². The zero-order valence-corrected chi connectivity index (χ0v) is 93.5. The van der Waals surface area contributed by atoms with Crippen molar-refractivity contribution in [1.82, 2.24) is 0 Å². The minimum Gasteiger partial charge on any atom is -0.465 e. The summed E-state index contributed by atoms with van der Waals surface area (Å²) in [5.74, 6) is -5.39. The highest BCUT2D eigenvalue weighted by molar-refractivity contribution is 5.72. The van der Waals surface area contributed by atoms with Gasteiger partial charge in [0.05, 0.1) is 13.2 Å². The maximum Gasteiger partial charge on any atom is 0.306 e. The Kier molecular flexibility index (Phi) is 95.1. The van der Waals surface area contributed by atoms with Crippen LogP contribution in [0.15, 0.2) is 158 Å². The maximum absolute atomic E-state index is 14.6. The molecule has 1 saturated heterocycles. The molecule has 828 valence electrons. The molecule has 0 amide bonds. The van der Waals surface area contributed by atoms with Crippen molar-refractivity contribution in [3.63, 3.8) is 0 Å². The van der Waals surface area contributed by atoms with Gasteiger partial charge < -0.3 is 48.1 Å². The van der Waals surface area contributed by atoms with Crippen LogP contribution in [0, 0.1) is 11.8 Å². The second kappa shape index (κ2) is 103. The van der Waals surface area contributed by atoms with E-state index < -0.39 is 103 Å². The molecule has 2 fully saturated rings. The van der Waals surface area contributed by atoms with Gasteiger partial charge in [0, 0.05) is 50.4 Å². The first-order valence-corrected chi connectivity index (χ1v) is 60.2. The number of hydrogen-bond donors (Lipinski definition) is 2. The van der Waals surface area contributed by atoms with E-state index in [0.717, 1.165) is 250 Å². The molecule has 1 aliphatic carbocycles. The van der Waals surface area contributed by atoms with E-state index in [9.17, 15) is 39.0 Å². The number of unbranched alkanes of at least 4 members (excludes halogenated alkanes) is 54. The lowest BCUT2D eigenvalue weighted by molar-refractivity contribution is -0.323. The number of rotatable bonds is 98. The molecule has 0 radical (unpaired) electrons. The van der Waals surface area contributed by atoms with Crippen LogP contribution in [0.4, 0.5) is 0 Å². The summed E-state index contributed by atoms with van der Waals surface area (Å²) in [6.45, 7) is 15.8. The highest BCUT2D eigenvalue weighted by Gasteiger charge is 2.58. The molecule has 145 heavy (non-hydrogen) atoms. The molecule has 1 aromatic carbocycles. The highest BCUT2D eigenvalue weighted by Crippen LogP contribution is 2.41. The predicted molar refractivity (Wildman–Crippen MR) is 608 cm³/mol. The quantitative estimate of drug-likeness (QED) is 0.0268. The number of aliphatic hydroxyl groups excluding tert-OH is 2. The summed E-state index contributed by atoms with van der Waals surface area (Å²) in [4.78, 5) is 85.9. The summed E-state index contributed by atoms with van der Waals surface area (Å²) in [5.41, 5.74) is 1.17. The average Bonchev–Trinajstić information content (AvgIpc) is 1.68. The molecule has 16 heteroatoms. The Morgan fingerprint density at radius 2 is 0.497 bits per heavy atom. The van der Waals surface area contributed by atoms with Crippen molar-refractivity contribution >= 4 is 41.9 Å². The standard InChI is InChI=1S/C121H208O16.C8H8/c1-7-13-19-25-31-37-43-49-55-61-67-73-79-85-91-97-109(122)130-103-106-107(104-131-110(123)98-92-86-80-74-68-62-56-50-44-38-32-26-20-14-8-2)117(119(115(106)128)135-113(126)101-95-89-83-77-71-65-59-53-47-41-35-29-23-17-11-5)137-121-116(129)120(136-114(127)102-96-90-84-78-72-66-60-54-48-42-36-30-24-18-12-6)118(134-112(125)100-94-88-82-76-70-64-58-52-46-40-34-28-22-16-10-4)108(133-121)105-132-111(124)99-93-87-81-75-69-63-57-51-45-39-33-27-21-15-9-3;1-2-8-6-4-3-5-7-8/h15,21,32-33,35-36,38-39,41-42,49-51,53-57,59-60,106-108,115-121,128-129H,7-14,16-20,22-31,34,37,40,43-48,52,58,61-105H2,1-6H3;2-7H,1H2/b21-15-,38-32-,39-33-,41-35-,42-36-,55-49-,56-50-,57-51-,59-53-,60-54-;/t106?,107-,108+,115+,116?,117?,118?,119?,120+,121?;/m0./s1. The van der Waals surface area contributed by atoms with E-state index in [0.29, 0.717) is 38.5 Å². The van der Waals surface area contributed by atoms with Crippen LogP contribution in [0.3, 0.4) is 0 Å². The van der Waals surface area contributed by atoms with Crippen LogP contribution in [0.25, 0.3) is 6.08 Å². The van der Waals surface area contributed by atoms with Gasteiger partial charge in [-0.3, -0.25) is 28.8 Å². The van der Waals surface area contributed by atoms with E-state index in [1.165, 1.54) is 166 Å². The molecule has 0 aromatic heterocycles. The van der Waals surface area contributed by atoms with Crippen molar-refractivity contribution in [2.45, 2.75) is 579 Å². The summed E-state index contributed by atoms with van der Waals surface area (Å²) < 4.78 is 51.6. The summed E-state index contributed by atoms with van der Waals surface area (Å²) in [5, 5.41) is 26.1. The Morgan fingerprint density at radius 1 is 0.262 bits per heavy atom. The van der Waals surface area contributed by atoms with Gasteiger partial charge in [0.1, 0.15) is 31.0 Å². The number of carbonyl (C=O) groups is 6. The van der Waals surface area contributed by atoms with Crippen molar-refractivity contribution < 1.29 is 76.9 Å². The number of benzene rings is 1. The second-order valence-corrected chi connectivity index (χ2v) is 41.1. The first kappa shape index (κ1) is 134. The van der Waals surface area contributed by atoms with Crippen molar-refractivity contribution in [2.75, 3.05) is 19.8 Å². The monoisotopic (exact) mass is 2020 g/mol. The summed E-state index contributed by atoms with van der Waals surface area (Å²) in [6, 6.07) is 10.0. The molecule has 1 aliphatic heterocycles. The Bertz CT molecular complexity index is 3490. The molecule has 6 unspecified atom stereocenters. The fourth-order valence-electron chi connectivity index (χ4n) is 18.6. The fourth-order valence-corrected chi connectivity index (χ4v) is 18.6. The Morgan fingerprint density at radius 3 is 0.793 bits per heavy atom. The molecule has 1 heterocycles. The number of allylic oxidation sites excluding steroid dienone is 20. The van der Waals surface area contributed by atoms with Gasteiger partial charge in [0.2, 0.25) is 0 Å². The van der Waals surface area contributed by atoms with Crippen LogP contribution in [0.1, 0.15) is 535 Å². The maximum atomic E-state index is 14.6. The lowest BCUT2D eigenvalue weighted by Crippen LogP contribution is -2.63. The molecule has 0 spiro atoms. The Hall–Kier alpha value is -6.98. The van der Waals surface area contributed by atoms with Gasteiger partial charge in [-0.05, 0) is 198 Å². The average molecular weight is 2020 g/mol. The van der Waals surface area contributed by atoms with E-state index in [1.807, 2.05) is 36.4 Å². The number of hydrogen-bond acceptors (Lipinski definition) is 16. The molecule has 2 aliphatic rings. The summed E-state index contributed by atoms with van der Waals surface area (Å²) >= 11 is 0. The predicted octanol–water partition coefficient (Wildman–Crippen LogP) is 36.1.